The summed E-state index contributed by atoms with van der Waals surface area (Å²) in [5.74, 6) is -1.66. The van der Waals surface area contributed by atoms with Gasteiger partial charge in [0.15, 0.2) is 5.69 Å². The van der Waals surface area contributed by atoms with Crippen LogP contribution in [0.4, 0.5) is 0 Å². The molecular formula is C10H13NO4S. The van der Waals surface area contributed by atoms with Gasteiger partial charge in [-0.3, -0.25) is 0 Å². The summed E-state index contributed by atoms with van der Waals surface area (Å²) in [6.07, 6.45) is 0. The van der Waals surface area contributed by atoms with E-state index in [4.69, 9.17) is 9.84 Å². The number of carboxylic acids is 1. The number of aromatic carboxylic acids is 1. The zero-order chi connectivity index (χ0) is 12.3. The topological polar surface area (TPSA) is 76.5 Å². The lowest BCUT2D eigenvalue weighted by atomic mass is 10.1. The third kappa shape index (κ3) is 2.57. The average molecular weight is 243 g/mol. The molecule has 0 atom stereocenters. The number of aromatic nitrogens is 1. The minimum absolute atomic E-state index is 0.0202. The first kappa shape index (κ1) is 12.6. The van der Waals surface area contributed by atoms with Crippen molar-refractivity contribution in [1.29, 1.82) is 0 Å². The highest BCUT2D eigenvalue weighted by atomic mass is 32.1. The van der Waals surface area contributed by atoms with Gasteiger partial charge in [-0.25, -0.2) is 14.6 Å². The van der Waals surface area contributed by atoms with Gasteiger partial charge in [-0.05, 0) is 12.8 Å². The van der Waals surface area contributed by atoms with Crippen molar-refractivity contribution in [3.8, 4) is 0 Å². The molecule has 0 saturated heterocycles. The Labute approximate surface area is 97.1 Å². The number of esters is 1. The van der Waals surface area contributed by atoms with Gasteiger partial charge < -0.3 is 9.84 Å². The summed E-state index contributed by atoms with van der Waals surface area (Å²) in [6, 6.07) is 0. The molecule has 0 aliphatic heterocycles. The number of rotatable bonds is 4. The number of nitrogens with zero attached hydrogens (tertiary/aromatic N) is 1. The Kier molecular flexibility index (Phi) is 4.00. The minimum atomic E-state index is -1.12. The Morgan fingerprint density at radius 3 is 2.50 bits per heavy atom. The molecule has 6 heteroatoms. The first-order valence-electron chi connectivity index (χ1n) is 4.88. The second-order valence-corrected chi connectivity index (χ2v) is 4.44. The predicted molar refractivity (Wildman–Crippen MR) is 59.1 cm³/mol. The van der Waals surface area contributed by atoms with Crippen LogP contribution in [-0.2, 0) is 4.74 Å². The van der Waals surface area contributed by atoms with Gasteiger partial charge in [-0.15, -0.1) is 11.3 Å². The van der Waals surface area contributed by atoms with Crippen molar-refractivity contribution in [2.75, 3.05) is 6.61 Å². The lowest BCUT2D eigenvalue weighted by Gasteiger charge is -1.99. The molecule has 0 fully saturated rings. The van der Waals surface area contributed by atoms with Gasteiger partial charge in [0.2, 0.25) is 5.01 Å². The molecule has 0 amide bonds. The molecule has 1 heterocycles. The summed E-state index contributed by atoms with van der Waals surface area (Å²) >= 11 is 1.08. The molecule has 16 heavy (non-hydrogen) atoms. The van der Waals surface area contributed by atoms with Gasteiger partial charge in [0.25, 0.3) is 0 Å². The number of carboxylic acid groups (broad SMARTS) is 1. The first-order chi connectivity index (χ1) is 7.47. The van der Waals surface area contributed by atoms with Crippen molar-refractivity contribution in [2.24, 2.45) is 0 Å². The smallest absolute Gasteiger partial charge is 0.367 e. The van der Waals surface area contributed by atoms with Crippen LogP contribution in [0, 0.1) is 0 Å². The van der Waals surface area contributed by atoms with E-state index in [9.17, 15) is 9.59 Å². The average Bonchev–Trinajstić information content (AvgIpc) is 2.62. The molecule has 0 radical (unpaired) electrons. The van der Waals surface area contributed by atoms with Crippen LogP contribution in [0.3, 0.4) is 0 Å². The zero-order valence-electron chi connectivity index (χ0n) is 9.31. The number of carbonyl (C=O) groups is 2. The van der Waals surface area contributed by atoms with E-state index in [0.29, 0.717) is 4.88 Å². The molecular weight excluding hydrogens is 230 g/mol. The van der Waals surface area contributed by atoms with E-state index in [2.05, 4.69) is 4.98 Å². The fraction of sp³-hybridized carbons (Fsp3) is 0.500. The van der Waals surface area contributed by atoms with Crippen LogP contribution in [-0.4, -0.2) is 28.6 Å². The van der Waals surface area contributed by atoms with Crippen molar-refractivity contribution >= 4 is 23.3 Å². The standard InChI is InChI=1S/C10H13NO4S/c1-4-15-10(14)8-11-6(9(12)13)7(16-8)5(2)3/h5H,4H2,1-3H3,(H,12,13). The summed E-state index contributed by atoms with van der Waals surface area (Å²) in [7, 11) is 0. The fourth-order valence-corrected chi connectivity index (χ4v) is 2.11. The third-order valence-corrected chi connectivity index (χ3v) is 3.17. The van der Waals surface area contributed by atoms with Gasteiger partial charge in [0.05, 0.1) is 6.61 Å². The Bertz CT molecular complexity index is 411. The molecule has 0 saturated carbocycles. The van der Waals surface area contributed by atoms with Gasteiger partial charge in [0.1, 0.15) is 0 Å². The lowest BCUT2D eigenvalue weighted by molar-refractivity contribution is 0.0526. The third-order valence-electron chi connectivity index (χ3n) is 1.83. The first-order valence-corrected chi connectivity index (χ1v) is 5.70. The van der Waals surface area contributed by atoms with Crippen LogP contribution in [0.25, 0.3) is 0 Å². The molecule has 0 bridgehead atoms. The number of ether oxygens (including phenoxy) is 1. The molecule has 0 unspecified atom stereocenters. The maximum atomic E-state index is 11.4. The molecule has 1 N–H and O–H groups in total. The van der Waals surface area contributed by atoms with E-state index >= 15 is 0 Å². The molecule has 88 valence electrons. The van der Waals surface area contributed by atoms with Crippen LogP contribution < -0.4 is 0 Å². The van der Waals surface area contributed by atoms with E-state index < -0.39 is 11.9 Å². The van der Waals surface area contributed by atoms with Gasteiger partial charge >= 0.3 is 11.9 Å². The van der Waals surface area contributed by atoms with E-state index in [0.717, 1.165) is 11.3 Å². The van der Waals surface area contributed by atoms with E-state index in [1.807, 2.05) is 13.8 Å². The lowest BCUT2D eigenvalue weighted by Crippen LogP contribution is -2.06. The largest absolute Gasteiger partial charge is 0.476 e. The van der Waals surface area contributed by atoms with Crippen LogP contribution in [0.1, 0.15) is 51.9 Å². The van der Waals surface area contributed by atoms with Crippen LogP contribution in [0.2, 0.25) is 0 Å². The molecule has 1 rings (SSSR count). The Balaban J connectivity index is 3.11. The maximum Gasteiger partial charge on any atom is 0.367 e. The van der Waals surface area contributed by atoms with Gasteiger partial charge in [-0.2, -0.15) is 0 Å². The second-order valence-electron chi connectivity index (χ2n) is 3.41. The summed E-state index contributed by atoms with van der Waals surface area (Å²) in [6.45, 7) is 5.65. The van der Waals surface area contributed by atoms with E-state index in [-0.39, 0.29) is 23.2 Å². The molecule has 0 aliphatic rings. The van der Waals surface area contributed by atoms with E-state index in [1.54, 1.807) is 6.92 Å². The van der Waals surface area contributed by atoms with Crippen molar-refractivity contribution in [2.45, 2.75) is 26.7 Å². The minimum Gasteiger partial charge on any atom is -0.476 e. The summed E-state index contributed by atoms with van der Waals surface area (Å²) in [5, 5.41) is 9.03. The van der Waals surface area contributed by atoms with Gasteiger partial charge in [0, 0.05) is 4.88 Å². The van der Waals surface area contributed by atoms with Crippen LogP contribution >= 0.6 is 11.3 Å². The number of thiazole rings is 1. The summed E-state index contributed by atoms with van der Waals surface area (Å²) in [5.41, 5.74) is -0.0527. The molecule has 0 aliphatic carbocycles. The fourth-order valence-electron chi connectivity index (χ4n) is 1.16. The second kappa shape index (κ2) is 5.07. The van der Waals surface area contributed by atoms with Crippen molar-refractivity contribution < 1.29 is 19.4 Å². The quantitative estimate of drug-likeness (QED) is 0.820. The zero-order valence-corrected chi connectivity index (χ0v) is 10.1. The summed E-state index contributed by atoms with van der Waals surface area (Å²) in [4.78, 5) is 26.7. The monoisotopic (exact) mass is 243 g/mol. The molecule has 0 spiro atoms. The highest BCUT2D eigenvalue weighted by Crippen LogP contribution is 2.27. The normalized spacial score (nSPS) is 10.5. The van der Waals surface area contributed by atoms with Crippen LogP contribution in [0.5, 0.6) is 0 Å². The maximum absolute atomic E-state index is 11.4. The van der Waals surface area contributed by atoms with Crippen molar-refractivity contribution in [3.05, 3.63) is 15.6 Å². The number of hydrogen-bond acceptors (Lipinski definition) is 5. The Morgan fingerprint density at radius 1 is 1.50 bits per heavy atom. The number of hydrogen-bond donors (Lipinski definition) is 1. The highest BCUT2D eigenvalue weighted by Gasteiger charge is 2.23. The SMILES string of the molecule is CCOC(=O)c1nc(C(=O)O)c(C(C)C)s1. The Hall–Kier alpha value is -1.43. The highest BCUT2D eigenvalue weighted by molar-refractivity contribution is 7.13. The molecule has 5 nitrogen and oxygen atoms in total. The van der Waals surface area contributed by atoms with E-state index in [1.165, 1.54) is 0 Å². The van der Waals surface area contributed by atoms with Crippen molar-refractivity contribution in [1.82, 2.24) is 4.98 Å². The molecule has 1 aromatic rings. The number of carbonyl (C=O) groups excluding carboxylic acids is 1. The van der Waals surface area contributed by atoms with Crippen molar-refractivity contribution in [3.63, 3.8) is 0 Å². The van der Waals surface area contributed by atoms with Crippen LogP contribution in [0.15, 0.2) is 0 Å². The summed E-state index contributed by atoms with van der Waals surface area (Å²) < 4.78 is 4.77. The van der Waals surface area contributed by atoms with Gasteiger partial charge in [-0.1, -0.05) is 13.8 Å². The molecule has 1 aromatic heterocycles. The molecule has 0 aromatic carbocycles. The predicted octanol–water partition coefficient (Wildman–Crippen LogP) is 2.14. The Morgan fingerprint density at radius 2 is 2.12 bits per heavy atom.